The second kappa shape index (κ2) is 7.91. The summed E-state index contributed by atoms with van der Waals surface area (Å²) in [6, 6.07) is 10.3. The van der Waals surface area contributed by atoms with Gasteiger partial charge in [0.05, 0.1) is 12.9 Å². The Morgan fingerprint density at radius 3 is 2.81 bits per heavy atom. The zero-order chi connectivity index (χ0) is 18.5. The van der Waals surface area contributed by atoms with Gasteiger partial charge in [0.15, 0.2) is 11.6 Å². The van der Waals surface area contributed by atoms with Crippen LogP contribution in [0.1, 0.15) is 0 Å². The van der Waals surface area contributed by atoms with E-state index in [2.05, 4.69) is 20.8 Å². The Labute approximate surface area is 151 Å². The second-order valence-electron chi connectivity index (χ2n) is 5.01. The Kier molecular flexibility index (Phi) is 5.42. The minimum atomic E-state index is -1.03. The van der Waals surface area contributed by atoms with Crippen LogP contribution in [0.3, 0.4) is 0 Å². The number of methoxy groups -OCH3 is 1. The molecular weight excluding hydrogens is 364 g/mol. The summed E-state index contributed by atoms with van der Waals surface area (Å²) in [4.78, 5) is 12.0. The molecule has 0 bridgehead atoms. The average molecular weight is 377 g/mol. The second-order valence-corrected chi connectivity index (χ2v) is 5.95. The number of carbonyl (C=O) groups is 1. The third-order valence-corrected chi connectivity index (χ3v) is 4.21. The molecule has 3 aromatic rings. The monoisotopic (exact) mass is 377 g/mol. The largest absolute Gasteiger partial charge is 0.494 e. The molecule has 1 N–H and O–H groups in total. The van der Waals surface area contributed by atoms with Crippen molar-refractivity contribution in [1.82, 2.24) is 20.2 Å². The van der Waals surface area contributed by atoms with Gasteiger partial charge in [-0.15, -0.1) is 5.10 Å². The van der Waals surface area contributed by atoms with Gasteiger partial charge < -0.3 is 10.1 Å². The van der Waals surface area contributed by atoms with Gasteiger partial charge >= 0.3 is 0 Å². The Hall–Kier alpha value is -3.01. The van der Waals surface area contributed by atoms with Gasteiger partial charge in [-0.3, -0.25) is 4.79 Å². The number of aromatic nitrogens is 4. The van der Waals surface area contributed by atoms with Crippen LogP contribution in [0.15, 0.2) is 47.6 Å². The van der Waals surface area contributed by atoms with Crippen LogP contribution in [0.2, 0.25) is 0 Å². The molecule has 10 heteroatoms. The molecule has 0 fully saturated rings. The van der Waals surface area contributed by atoms with E-state index in [1.807, 2.05) is 12.1 Å². The van der Waals surface area contributed by atoms with Crippen LogP contribution in [0.5, 0.6) is 5.75 Å². The van der Waals surface area contributed by atoms with E-state index >= 15 is 0 Å². The van der Waals surface area contributed by atoms with Gasteiger partial charge in [-0.25, -0.2) is 8.78 Å². The first-order valence-corrected chi connectivity index (χ1v) is 8.36. The summed E-state index contributed by atoms with van der Waals surface area (Å²) in [6.07, 6.45) is 0. The molecule has 0 aliphatic rings. The third-order valence-electron chi connectivity index (χ3n) is 3.29. The van der Waals surface area contributed by atoms with E-state index in [0.29, 0.717) is 16.6 Å². The zero-order valence-corrected chi connectivity index (χ0v) is 14.3. The van der Waals surface area contributed by atoms with E-state index in [4.69, 9.17) is 4.74 Å². The molecule has 2 aromatic carbocycles. The summed E-state index contributed by atoms with van der Waals surface area (Å²) >= 11 is 1.09. The molecule has 0 aliphatic carbocycles. The number of nitrogens with one attached hydrogen (secondary N) is 1. The Bertz CT molecular complexity index is 935. The third kappa shape index (κ3) is 3.97. The summed E-state index contributed by atoms with van der Waals surface area (Å²) in [5, 5.41) is 14.3. The number of hydrogen-bond donors (Lipinski definition) is 1. The lowest BCUT2D eigenvalue weighted by molar-refractivity contribution is -0.113. The van der Waals surface area contributed by atoms with E-state index in [1.165, 1.54) is 17.9 Å². The van der Waals surface area contributed by atoms with Crippen molar-refractivity contribution in [2.24, 2.45) is 0 Å². The van der Waals surface area contributed by atoms with E-state index in [1.54, 1.807) is 12.1 Å². The van der Waals surface area contributed by atoms with E-state index < -0.39 is 17.5 Å². The van der Waals surface area contributed by atoms with Gasteiger partial charge in [-0.2, -0.15) is 4.68 Å². The SMILES string of the molecule is COc1ccccc1-n1nnnc1SCC(=O)Nc1ccc(F)c(F)c1. The minimum Gasteiger partial charge on any atom is -0.494 e. The molecule has 1 heterocycles. The molecule has 134 valence electrons. The highest BCUT2D eigenvalue weighted by Crippen LogP contribution is 2.25. The number of hydrogen-bond acceptors (Lipinski definition) is 6. The molecule has 0 saturated carbocycles. The van der Waals surface area contributed by atoms with Gasteiger partial charge in [0, 0.05) is 11.8 Å². The maximum Gasteiger partial charge on any atom is 0.234 e. The van der Waals surface area contributed by atoms with Crippen molar-refractivity contribution in [3.63, 3.8) is 0 Å². The number of nitrogens with zero attached hydrogens (tertiary/aromatic N) is 4. The number of carbonyl (C=O) groups excluding carboxylic acids is 1. The van der Waals surface area contributed by atoms with Crippen molar-refractivity contribution in [2.45, 2.75) is 5.16 Å². The summed E-state index contributed by atoms with van der Waals surface area (Å²) in [6.45, 7) is 0. The molecule has 26 heavy (non-hydrogen) atoms. The lowest BCUT2D eigenvalue weighted by Gasteiger charge is -2.09. The van der Waals surface area contributed by atoms with Crippen molar-refractivity contribution in [3.05, 3.63) is 54.1 Å². The number of halogens is 2. The maximum absolute atomic E-state index is 13.2. The molecule has 0 radical (unpaired) electrons. The molecule has 0 aliphatic heterocycles. The number of rotatable bonds is 6. The van der Waals surface area contributed by atoms with Crippen LogP contribution in [-0.2, 0) is 4.79 Å². The number of amides is 1. The van der Waals surface area contributed by atoms with Crippen molar-refractivity contribution in [3.8, 4) is 11.4 Å². The molecular formula is C16H13F2N5O2S. The van der Waals surface area contributed by atoms with Gasteiger partial charge in [-0.05, 0) is 34.7 Å². The van der Waals surface area contributed by atoms with E-state index in [-0.39, 0.29) is 11.4 Å². The van der Waals surface area contributed by atoms with Crippen molar-refractivity contribution in [2.75, 3.05) is 18.2 Å². The minimum absolute atomic E-state index is 0.0193. The summed E-state index contributed by atoms with van der Waals surface area (Å²) < 4.78 is 32.8. The number of tetrazole rings is 1. The van der Waals surface area contributed by atoms with Gasteiger partial charge in [0.25, 0.3) is 0 Å². The maximum atomic E-state index is 13.2. The number of thioether (sulfide) groups is 1. The fourth-order valence-electron chi connectivity index (χ4n) is 2.13. The summed E-state index contributed by atoms with van der Waals surface area (Å²) in [7, 11) is 1.53. The van der Waals surface area contributed by atoms with Crippen LogP contribution < -0.4 is 10.1 Å². The first-order valence-electron chi connectivity index (χ1n) is 7.38. The summed E-state index contributed by atoms with van der Waals surface area (Å²) in [5.74, 6) is -1.86. The quantitative estimate of drug-likeness (QED) is 0.665. The van der Waals surface area contributed by atoms with Crippen molar-refractivity contribution in [1.29, 1.82) is 0 Å². The molecule has 7 nitrogen and oxygen atoms in total. The van der Waals surface area contributed by atoms with Gasteiger partial charge in [-0.1, -0.05) is 23.9 Å². The van der Waals surface area contributed by atoms with E-state index in [9.17, 15) is 13.6 Å². The number of ether oxygens (including phenoxy) is 1. The fraction of sp³-hybridized carbons (Fsp3) is 0.125. The van der Waals surface area contributed by atoms with Crippen molar-refractivity contribution >= 4 is 23.4 Å². The van der Waals surface area contributed by atoms with Gasteiger partial charge in [0.1, 0.15) is 11.4 Å². The molecule has 0 saturated heterocycles. The Morgan fingerprint density at radius 1 is 1.23 bits per heavy atom. The molecule has 0 unspecified atom stereocenters. The standard InChI is InChI=1S/C16H13F2N5O2S/c1-25-14-5-3-2-4-13(14)23-16(20-21-22-23)26-9-15(24)19-10-6-7-11(17)12(18)8-10/h2-8H,9H2,1H3,(H,19,24). The van der Waals surface area contributed by atoms with Crippen LogP contribution in [0.25, 0.3) is 5.69 Å². The average Bonchev–Trinajstić information content (AvgIpc) is 3.11. The molecule has 1 aromatic heterocycles. The molecule has 0 atom stereocenters. The van der Waals surface area contributed by atoms with Crippen LogP contribution >= 0.6 is 11.8 Å². The van der Waals surface area contributed by atoms with E-state index in [0.717, 1.165) is 23.9 Å². The first kappa shape index (κ1) is 17.8. The normalized spacial score (nSPS) is 10.6. The summed E-state index contributed by atoms with van der Waals surface area (Å²) in [5.41, 5.74) is 0.794. The lowest BCUT2D eigenvalue weighted by Crippen LogP contribution is -2.15. The Balaban J connectivity index is 1.68. The predicted molar refractivity (Wildman–Crippen MR) is 91.4 cm³/mol. The molecule has 0 spiro atoms. The van der Waals surface area contributed by atoms with Crippen molar-refractivity contribution < 1.29 is 18.3 Å². The number of benzene rings is 2. The van der Waals surface area contributed by atoms with Crippen LogP contribution in [0, 0.1) is 11.6 Å². The predicted octanol–water partition coefficient (Wildman–Crippen LogP) is 2.68. The first-order chi connectivity index (χ1) is 12.6. The highest BCUT2D eigenvalue weighted by molar-refractivity contribution is 7.99. The van der Waals surface area contributed by atoms with Gasteiger partial charge in [0.2, 0.25) is 11.1 Å². The Morgan fingerprint density at radius 2 is 2.04 bits per heavy atom. The zero-order valence-electron chi connectivity index (χ0n) is 13.5. The highest BCUT2D eigenvalue weighted by atomic mass is 32.2. The number of anilines is 1. The smallest absolute Gasteiger partial charge is 0.234 e. The van der Waals surface area contributed by atoms with Crippen LogP contribution in [-0.4, -0.2) is 39.0 Å². The topological polar surface area (TPSA) is 81.9 Å². The fourth-order valence-corrected chi connectivity index (χ4v) is 2.81. The molecule has 1 amide bonds. The lowest BCUT2D eigenvalue weighted by atomic mass is 10.3. The highest BCUT2D eigenvalue weighted by Gasteiger charge is 2.15. The molecule has 3 rings (SSSR count). The van der Waals surface area contributed by atoms with Crippen LogP contribution in [0.4, 0.5) is 14.5 Å². The number of para-hydroxylation sites is 2.